The molecule has 0 aromatic carbocycles. The Kier molecular flexibility index (Phi) is 55.5. The van der Waals surface area contributed by atoms with Crippen LogP contribution in [0.3, 0.4) is 0 Å². The van der Waals surface area contributed by atoms with Crippen LogP contribution in [-0.2, 0) is 28.6 Å². The van der Waals surface area contributed by atoms with E-state index in [4.69, 9.17) is 14.2 Å². The van der Waals surface area contributed by atoms with E-state index < -0.39 is 6.10 Å². The summed E-state index contributed by atoms with van der Waals surface area (Å²) in [5.41, 5.74) is 0. The lowest BCUT2D eigenvalue weighted by Crippen LogP contribution is -2.30. The molecule has 0 bridgehead atoms. The van der Waals surface area contributed by atoms with Gasteiger partial charge in [-0.15, -0.1) is 0 Å². The van der Waals surface area contributed by atoms with Gasteiger partial charge in [-0.05, 0) is 128 Å². The molecule has 0 radical (unpaired) electrons. The molecule has 1 atom stereocenters. The molecule has 6 heteroatoms. The first-order chi connectivity index (χ1) is 35.5. The zero-order chi connectivity index (χ0) is 52.2. The SMILES string of the molecule is CC/C=C\C/C=C\C/C=C\C/C=C\C/C=C\CCCCCCCCCC(=O)OCC(COC(=O)CCCCCCC/C=C\CCCCCCC)OC(=O)CCC/C=C\C/C=C\C/C=C\C/C=C\C/C=C\CC. The number of carbonyl (C=O) groups is 3. The summed E-state index contributed by atoms with van der Waals surface area (Å²) in [4.78, 5) is 38.2. The zero-order valence-electron chi connectivity index (χ0n) is 46.4. The molecule has 0 aliphatic carbocycles. The van der Waals surface area contributed by atoms with Gasteiger partial charge in [0, 0.05) is 19.3 Å². The Labute approximate surface area is 443 Å². The molecule has 0 aromatic rings. The summed E-state index contributed by atoms with van der Waals surface area (Å²) in [6.45, 7) is 6.33. The first-order valence-electron chi connectivity index (χ1n) is 29.2. The molecule has 0 fully saturated rings. The van der Waals surface area contributed by atoms with E-state index in [0.717, 1.165) is 128 Å². The van der Waals surface area contributed by atoms with Crippen molar-refractivity contribution in [1.29, 1.82) is 0 Å². The van der Waals surface area contributed by atoms with Crippen LogP contribution >= 0.6 is 0 Å². The summed E-state index contributed by atoms with van der Waals surface area (Å²) in [5, 5.41) is 0. The van der Waals surface area contributed by atoms with Crippen LogP contribution in [0, 0.1) is 0 Å². The minimum atomic E-state index is -0.821. The molecule has 72 heavy (non-hydrogen) atoms. The summed E-state index contributed by atoms with van der Waals surface area (Å²) in [7, 11) is 0. The second kappa shape index (κ2) is 59.1. The van der Waals surface area contributed by atoms with Crippen LogP contribution in [0.2, 0.25) is 0 Å². The highest BCUT2D eigenvalue weighted by Crippen LogP contribution is 2.13. The number of hydrogen-bond donors (Lipinski definition) is 0. The predicted molar refractivity (Wildman–Crippen MR) is 311 cm³/mol. The van der Waals surface area contributed by atoms with Gasteiger partial charge in [-0.2, -0.15) is 0 Å². The standard InChI is InChI=1S/C66H106O6/c1-4-7-10-13-16-19-22-25-28-30-31-32-33-34-35-37-38-41-44-47-50-53-56-59-65(68)71-62-63(61-70-64(67)58-55-52-49-46-43-40-27-24-21-18-15-12-9-6-3)72-66(69)60-57-54-51-48-45-42-39-36-29-26-23-20-17-14-11-8-5-2/h7-8,10-11,16-17,19-20,24-29,31-32,34-35,39,42,48,51,63H,4-6,9,12-15,18,21-23,30,33,36-38,40-41,43-47,49-50,52-62H2,1-3H3/b10-7-,11-8-,19-16-,20-17-,27-24-,28-25-,29-26-,32-31-,35-34-,42-39-,51-48-. The van der Waals surface area contributed by atoms with Gasteiger partial charge >= 0.3 is 17.9 Å². The van der Waals surface area contributed by atoms with Gasteiger partial charge in [0.1, 0.15) is 13.2 Å². The van der Waals surface area contributed by atoms with Gasteiger partial charge in [0.25, 0.3) is 0 Å². The van der Waals surface area contributed by atoms with Crippen LogP contribution in [0.5, 0.6) is 0 Å². The van der Waals surface area contributed by atoms with E-state index >= 15 is 0 Å². The highest BCUT2D eigenvalue weighted by atomic mass is 16.6. The van der Waals surface area contributed by atoms with Crippen molar-refractivity contribution in [2.75, 3.05) is 13.2 Å². The van der Waals surface area contributed by atoms with E-state index in [1.807, 2.05) is 0 Å². The quantitative estimate of drug-likeness (QED) is 0.0261. The molecule has 0 N–H and O–H groups in total. The fraction of sp³-hybridized carbons (Fsp3) is 0.621. The maximum absolute atomic E-state index is 12.8. The van der Waals surface area contributed by atoms with Crippen LogP contribution in [0.1, 0.15) is 245 Å². The number of allylic oxidation sites excluding steroid dienone is 22. The highest BCUT2D eigenvalue weighted by molar-refractivity contribution is 5.71. The maximum atomic E-state index is 12.8. The number of hydrogen-bond acceptors (Lipinski definition) is 6. The van der Waals surface area contributed by atoms with Crippen LogP contribution in [-0.4, -0.2) is 37.2 Å². The third kappa shape index (κ3) is 56.5. The Morgan fingerprint density at radius 3 is 0.903 bits per heavy atom. The van der Waals surface area contributed by atoms with Crippen molar-refractivity contribution in [2.45, 2.75) is 252 Å². The molecular weight excluding hydrogens is 889 g/mol. The Bertz CT molecular complexity index is 1560. The smallest absolute Gasteiger partial charge is 0.306 e. The Morgan fingerprint density at radius 2 is 0.556 bits per heavy atom. The number of carbonyl (C=O) groups excluding carboxylic acids is 3. The molecule has 0 aliphatic heterocycles. The van der Waals surface area contributed by atoms with Crippen LogP contribution in [0.15, 0.2) is 134 Å². The van der Waals surface area contributed by atoms with Crippen molar-refractivity contribution in [3.63, 3.8) is 0 Å². The molecule has 0 aliphatic rings. The minimum Gasteiger partial charge on any atom is -0.462 e. The van der Waals surface area contributed by atoms with Crippen molar-refractivity contribution in [2.24, 2.45) is 0 Å². The van der Waals surface area contributed by atoms with E-state index in [-0.39, 0.29) is 37.5 Å². The normalized spacial score (nSPS) is 13.1. The first-order valence-corrected chi connectivity index (χ1v) is 29.2. The molecular formula is C66H106O6. The summed E-state index contributed by atoms with van der Waals surface area (Å²) in [6.07, 6.45) is 83.0. The van der Waals surface area contributed by atoms with E-state index in [0.29, 0.717) is 19.3 Å². The van der Waals surface area contributed by atoms with Gasteiger partial charge < -0.3 is 14.2 Å². The van der Waals surface area contributed by atoms with Gasteiger partial charge in [0.15, 0.2) is 6.10 Å². The number of esters is 3. The monoisotopic (exact) mass is 995 g/mol. The molecule has 406 valence electrons. The fourth-order valence-electron chi connectivity index (χ4n) is 7.56. The van der Waals surface area contributed by atoms with Crippen LogP contribution < -0.4 is 0 Å². The van der Waals surface area contributed by atoms with E-state index in [2.05, 4.69) is 154 Å². The van der Waals surface area contributed by atoms with Gasteiger partial charge in [0.05, 0.1) is 0 Å². The van der Waals surface area contributed by atoms with Gasteiger partial charge in [-0.25, -0.2) is 0 Å². The van der Waals surface area contributed by atoms with E-state index in [1.54, 1.807) is 0 Å². The van der Waals surface area contributed by atoms with Gasteiger partial charge in [0.2, 0.25) is 0 Å². The summed E-state index contributed by atoms with van der Waals surface area (Å²) < 4.78 is 16.8. The van der Waals surface area contributed by atoms with Gasteiger partial charge in [-0.3, -0.25) is 14.4 Å². The predicted octanol–water partition coefficient (Wildman–Crippen LogP) is 19.8. The lowest BCUT2D eigenvalue weighted by Gasteiger charge is -2.18. The topological polar surface area (TPSA) is 78.9 Å². The molecule has 0 amide bonds. The van der Waals surface area contributed by atoms with Crippen molar-refractivity contribution < 1.29 is 28.6 Å². The molecule has 1 unspecified atom stereocenters. The van der Waals surface area contributed by atoms with E-state index in [1.165, 1.54) is 70.6 Å². The van der Waals surface area contributed by atoms with Crippen molar-refractivity contribution in [1.82, 2.24) is 0 Å². The lowest BCUT2D eigenvalue weighted by molar-refractivity contribution is -0.167. The molecule has 0 saturated carbocycles. The maximum Gasteiger partial charge on any atom is 0.306 e. The molecule has 0 spiro atoms. The number of ether oxygens (including phenoxy) is 3. The Balaban J connectivity index is 4.49. The average Bonchev–Trinajstić information content (AvgIpc) is 3.38. The molecule has 0 heterocycles. The van der Waals surface area contributed by atoms with Crippen LogP contribution in [0.25, 0.3) is 0 Å². The lowest BCUT2D eigenvalue weighted by atomic mass is 10.1. The Hall–Kier alpha value is -4.45. The van der Waals surface area contributed by atoms with Crippen molar-refractivity contribution in [3.05, 3.63) is 134 Å². The van der Waals surface area contributed by atoms with Crippen molar-refractivity contribution >= 4 is 17.9 Å². The summed E-state index contributed by atoms with van der Waals surface area (Å²) in [5.74, 6) is -0.994. The molecule has 0 saturated heterocycles. The zero-order valence-corrected chi connectivity index (χ0v) is 46.4. The molecule has 0 rings (SSSR count). The fourth-order valence-corrected chi connectivity index (χ4v) is 7.56. The first kappa shape index (κ1) is 67.5. The second-order valence-electron chi connectivity index (χ2n) is 18.8. The van der Waals surface area contributed by atoms with E-state index in [9.17, 15) is 14.4 Å². The minimum absolute atomic E-state index is 0.112. The average molecular weight is 996 g/mol. The second-order valence-corrected chi connectivity index (χ2v) is 18.8. The number of rotatable bonds is 51. The molecule has 0 aromatic heterocycles. The number of unbranched alkanes of at least 4 members (excludes halogenated alkanes) is 18. The summed E-state index contributed by atoms with van der Waals surface area (Å²) >= 11 is 0. The Morgan fingerprint density at radius 1 is 0.292 bits per heavy atom. The largest absolute Gasteiger partial charge is 0.462 e. The third-order valence-corrected chi connectivity index (χ3v) is 11.9. The van der Waals surface area contributed by atoms with Crippen molar-refractivity contribution in [3.8, 4) is 0 Å². The third-order valence-electron chi connectivity index (χ3n) is 11.9. The molecule has 6 nitrogen and oxygen atoms in total. The highest BCUT2D eigenvalue weighted by Gasteiger charge is 2.19. The van der Waals surface area contributed by atoms with Gasteiger partial charge in [-0.1, -0.05) is 231 Å². The van der Waals surface area contributed by atoms with Crippen LogP contribution in [0.4, 0.5) is 0 Å². The summed E-state index contributed by atoms with van der Waals surface area (Å²) in [6, 6.07) is 0.